The first-order valence-corrected chi connectivity index (χ1v) is 5.28. The van der Waals surface area contributed by atoms with Gasteiger partial charge in [0.15, 0.2) is 0 Å². The maximum absolute atomic E-state index is 5.82. The SMILES string of the molecule is Cc1nc(=S)cc(-c2ccc(Cl)cc2)[nH]1. The Hall–Kier alpha value is -1.19. The van der Waals surface area contributed by atoms with Gasteiger partial charge < -0.3 is 4.98 Å². The minimum Gasteiger partial charge on any atom is -0.343 e. The van der Waals surface area contributed by atoms with Gasteiger partial charge in [0.25, 0.3) is 0 Å². The van der Waals surface area contributed by atoms with Gasteiger partial charge >= 0.3 is 0 Å². The fourth-order valence-electron chi connectivity index (χ4n) is 1.36. The molecule has 15 heavy (non-hydrogen) atoms. The Labute approximate surface area is 98.0 Å². The first kappa shape index (κ1) is 10.3. The molecule has 0 bridgehead atoms. The zero-order valence-corrected chi connectivity index (χ0v) is 9.69. The number of aromatic amines is 1. The van der Waals surface area contributed by atoms with Crippen molar-refractivity contribution in [2.24, 2.45) is 0 Å². The van der Waals surface area contributed by atoms with Crippen LogP contribution >= 0.6 is 23.8 Å². The topological polar surface area (TPSA) is 28.7 Å². The lowest BCUT2D eigenvalue weighted by molar-refractivity contribution is 1.05. The Balaban J connectivity index is 2.54. The van der Waals surface area contributed by atoms with E-state index in [0.717, 1.165) is 22.1 Å². The van der Waals surface area contributed by atoms with E-state index in [0.29, 0.717) is 4.64 Å². The van der Waals surface area contributed by atoms with Crippen molar-refractivity contribution in [2.45, 2.75) is 6.92 Å². The van der Waals surface area contributed by atoms with Crippen LogP contribution in [0.25, 0.3) is 11.3 Å². The second-order valence-corrected chi connectivity index (χ2v) is 4.08. The summed E-state index contributed by atoms with van der Waals surface area (Å²) in [5.74, 6) is 0.812. The van der Waals surface area contributed by atoms with Crippen molar-refractivity contribution >= 4 is 23.8 Å². The second kappa shape index (κ2) is 4.13. The molecule has 2 nitrogen and oxygen atoms in total. The maximum Gasteiger partial charge on any atom is 0.130 e. The molecule has 0 radical (unpaired) electrons. The summed E-state index contributed by atoms with van der Waals surface area (Å²) in [5, 5.41) is 0.725. The molecule has 0 aliphatic heterocycles. The number of nitrogens with zero attached hydrogens (tertiary/aromatic N) is 1. The van der Waals surface area contributed by atoms with Crippen LogP contribution in [-0.2, 0) is 0 Å². The van der Waals surface area contributed by atoms with Crippen molar-refractivity contribution in [1.82, 2.24) is 9.97 Å². The highest BCUT2D eigenvalue weighted by molar-refractivity contribution is 7.71. The average molecular weight is 237 g/mol. The third-order valence-electron chi connectivity index (χ3n) is 2.02. The van der Waals surface area contributed by atoms with Gasteiger partial charge in [-0.2, -0.15) is 0 Å². The van der Waals surface area contributed by atoms with Gasteiger partial charge in [0.05, 0.1) is 0 Å². The number of benzene rings is 1. The lowest BCUT2D eigenvalue weighted by Crippen LogP contribution is -1.90. The number of H-pyrrole nitrogens is 1. The Kier molecular flexibility index (Phi) is 2.84. The molecule has 0 aliphatic rings. The summed E-state index contributed by atoms with van der Waals surface area (Å²) in [6, 6.07) is 9.43. The zero-order chi connectivity index (χ0) is 10.8. The molecule has 2 rings (SSSR count). The Morgan fingerprint density at radius 2 is 1.93 bits per heavy atom. The first-order chi connectivity index (χ1) is 7.15. The molecule has 1 aromatic heterocycles. The van der Waals surface area contributed by atoms with Crippen LogP contribution in [0, 0.1) is 11.6 Å². The molecule has 0 atom stereocenters. The van der Waals surface area contributed by atoms with Crippen molar-refractivity contribution in [3.8, 4) is 11.3 Å². The first-order valence-electron chi connectivity index (χ1n) is 4.49. The molecule has 0 aliphatic carbocycles. The number of aryl methyl sites for hydroxylation is 1. The lowest BCUT2D eigenvalue weighted by Gasteiger charge is -2.03. The number of nitrogens with one attached hydrogen (secondary N) is 1. The molecule has 0 spiro atoms. The molecule has 4 heteroatoms. The van der Waals surface area contributed by atoms with Crippen molar-refractivity contribution < 1.29 is 0 Å². The van der Waals surface area contributed by atoms with E-state index in [1.807, 2.05) is 37.3 Å². The van der Waals surface area contributed by atoms with E-state index in [1.165, 1.54) is 0 Å². The third-order valence-corrected chi connectivity index (χ3v) is 2.48. The summed E-state index contributed by atoms with van der Waals surface area (Å²) >= 11 is 10.9. The summed E-state index contributed by atoms with van der Waals surface area (Å²) in [5.41, 5.74) is 2.01. The van der Waals surface area contributed by atoms with E-state index < -0.39 is 0 Å². The van der Waals surface area contributed by atoms with Crippen molar-refractivity contribution in [1.29, 1.82) is 0 Å². The molecule has 76 valence electrons. The van der Waals surface area contributed by atoms with E-state index in [-0.39, 0.29) is 0 Å². The fourth-order valence-corrected chi connectivity index (χ4v) is 1.75. The predicted molar refractivity (Wildman–Crippen MR) is 64.6 cm³/mol. The molecule has 0 unspecified atom stereocenters. The molecule has 1 aromatic carbocycles. The molecule has 1 heterocycles. The fraction of sp³-hybridized carbons (Fsp3) is 0.0909. The lowest BCUT2D eigenvalue weighted by atomic mass is 10.1. The molecule has 0 fully saturated rings. The summed E-state index contributed by atoms with van der Waals surface area (Å²) in [6.45, 7) is 1.88. The summed E-state index contributed by atoms with van der Waals surface area (Å²) < 4.78 is 0.594. The van der Waals surface area contributed by atoms with Crippen LogP contribution in [0.2, 0.25) is 5.02 Å². The molecule has 1 N–H and O–H groups in total. The van der Waals surface area contributed by atoms with Gasteiger partial charge in [-0.15, -0.1) is 0 Å². The Bertz CT molecular complexity index is 531. The van der Waals surface area contributed by atoms with E-state index in [2.05, 4.69) is 9.97 Å². The van der Waals surface area contributed by atoms with Crippen LogP contribution in [-0.4, -0.2) is 9.97 Å². The van der Waals surface area contributed by atoms with E-state index in [4.69, 9.17) is 23.8 Å². The van der Waals surface area contributed by atoms with Crippen LogP contribution < -0.4 is 0 Å². The third kappa shape index (κ3) is 2.43. The highest BCUT2D eigenvalue weighted by Gasteiger charge is 1.99. The van der Waals surface area contributed by atoms with Crippen LogP contribution in [0.3, 0.4) is 0 Å². The van der Waals surface area contributed by atoms with E-state index >= 15 is 0 Å². The standard InChI is InChI=1S/C11H9ClN2S/c1-7-13-10(6-11(15)14-7)8-2-4-9(12)5-3-8/h2-6H,1H3,(H,13,14,15). The number of rotatable bonds is 1. The monoisotopic (exact) mass is 236 g/mol. The molecular weight excluding hydrogens is 228 g/mol. The average Bonchev–Trinajstić information content (AvgIpc) is 2.17. The highest BCUT2D eigenvalue weighted by Crippen LogP contribution is 2.19. The van der Waals surface area contributed by atoms with Gasteiger partial charge in [0.1, 0.15) is 10.5 Å². The number of halogens is 1. The highest BCUT2D eigenvalue weighted by atomic mass is 35.5. The minimum atomic E-state index is 0.594. The van der Waals surface area contributed by atoms with Gasteiger partial charge in [0, 0.05) is 10.7 Å². The minimum absolute atomic E-state index is 0.594. The van der Waals surface area contributed by atoms with Crippen LogP contribution in [0.15, 0.2) is 30.3 Å². The maximum atomic E-state index is 5.82. The van der Waals surface area contributed by atoms with Crippen molar-refractivity contribution in [3.05, 3.63) is 45.8 Å². The van der Waals surface area contributed by atoms with Crippen LogP contribution in [0.4, 0.5) is 0 Å². The van der Waals surface area contributed by atoms with Gasteiger partial charge in [0.2, 0.25) is 0 Å². The van der Waals surface area contributed by atoms with E-state index in [9.17, 15) is 0 Å². The molecule has 0 saturated carbocycles. The van der Waals surface area contributed by atoms with Crippen LogP contribution in [0.1, 0.15) is 5.82 Å². The summed E-state index contributed by atoms with van der Waals surface area (Å²) in [7, 11) is 0. The normalized spacial score (nSPS) is 10.3. The Morgan fingerprint density at radius 1 is 1.27 bits per heavy atom. The number of hydrogen-bond acceptors (Lipinski definition) is 2. The Morgan fingerprint density at radius 3 is 2.53 bits per heavy atom. The van der Waals surface area contributed by atoms with Crippen molar-refractivity contribution in [3.63, 3.8) is 0 Å². The van der Waals surface area contributed by atoms with Crippen molar-refractivity contribution in [2.75, 3.05) is 0 Å². The smallest absolute Gasteiger partial charge is 0.130 e. The molecule has 0 saturated heterocycles. The van der Waals surface area contributed by atoms with Gasteiger partial charge in [-0.05, 0) is 30.7 Å². The number of hydrogen-bond donors (Lipinski definition) is 1. The molecular formula is C11H9ClN2S. The predicted octanol–water partition coefficient (Wildman–Crippen LogP) is 3.77. The van der Waals surface area contributed by atoms with Gasteiger partial charge in [-0.3, -0.25) is 0 Å². The van der Waals surface area contributed by atoms with Gasteiger partial charge in [-0.25, -0.2) is 4.98 Å². The van der Waals surface area contributed by atoms with E-state index in [1.54, 1.807) is 0 Å². The van der Waals surface area contributed by atoms with Crippen LogP contribution in [0.5, 0.6) is 0 Å². The second-order valence-electron chi connectivity index (χ2n) is 3.23. The van der Waals surface area contributed by atoms with Gasteiger partial charge in [-0.1, -0.05) is 36.0 Å². The molecule has 2 aromatic rings. The number of aromatic nitrogens is 2. The zero-order valence-electron chi connectivity index (χ0n) is 8.12. The summed E-state index contributed by atoms with van der Waals surface area (Å²) in [4.78, 5) is 7.27. The quantitative estimate of drug-likeness (QED) is 0.764. The largest absolute Gasteiger partial charge is 0.343 e. The summed E-state index contributed by atoms with van der Waals surface area (Å²) in [6.07, 6.45) is 0. The molecule has 0 amide bonds.